The Kier molecular flexibility index (Phi) is 7.80. The number of hydrogen-bond donors (Lipinski definition) is 2. The molecule has 2 aromatic carbocycles. The Labute approximate surface area is 224 Å². The van der Waals surface area contributed by atoms with Gasteiger partial charge in [-0.15, -0.1) is 0 Å². The maximum absolute atomic E-state index is 13.3. The van der Waals surface area contributed by atoms with Crippen LogP contribution in [0.15, 0.2) is 47.4 Å². The molecule has 0 radical (unpaired) electrons. The van der Waals surface area contributed by atoms with E-state index in [0.717, 1.165) is 4.90 Å². The third kappa shape index (κ3) is 5.00. The fraction of sp³-hybridized carbons (Fsp3) is 0.385. The minimum Gasteiger partial charge on any atom is -0.508 e. The van der Waals surface area contributed by atoms with E-state index in [4.69, 9.17) is 16.3 Å². The predicted octanol–water partition coefficient (Wildman–Crippen LogP) is 2.05. The molecule has 0 saturated carbocycles. The summed E-state index contributed by atoms with van der Waals surface area (Å²) in [7, 11) is -2.66. The predicted molar refractivity (Wildman–Crippen MR) is 136 cm³/mol. The number of benzene rings is 2. The van der Waals surface area contributed by atoms with Crippen LogP contribution in [0, 0.1) is 5.92 Å². The topological polar surface area (TPSA) is 147 Å². The highest BCUT2D eigenvalue weighted by atomic mass is 35.5. The minimum absolute atomic E-state index is 0.000787. The monoisotopic (exact) mass is 562 g/mol. The SMILES string of the molecule is COc1ccc(O)cc1CC1CN2C(=O)CC2(S(=O)(=O)c2ccc(Cl)cc2)C1=O.O=C1CCNC(=O)CC1. The molecule has 2 amide bonds. The highest BCUT2D eigenvalue weighted by molar-refractivity contribution is 7.93. The molecule has 202 valence electrons. The number of methoxy groups -OCH3 is 1. The van der Waals surface area contributed by atoms with E-state index in [-0.39, 0.29) is 47.6 Å². The molecule has 0 aliphatic carbocycles. The van der Waals surface area contributed by atoms with E-state index in [9.17, 15) is 32.7 Å². The number of fused-ring (bicyclic) bond motifs is 1. The lowest BCUT2D eigenvalue weighted by atomic mass is 9.92. The van der Waals surface area contributed by atoms with Gasteiger partial charge in [0.15, 0.2) is 5.78 Å². The highest BCUT2D eigenvalue weighted by Gasteiger charge is 2.70. The van der Waals surface area contributed by atoms with E-state index in [1.165, 1.54) is 43.5 Å². The number of nitrogens with one attached hydrogen (secondary N) is 1. The number of sulfone groups is 1. The van der Waals surface area contributed by atoms with Crippen LogP contribution in [0.4, 0.5) is 0 Å². The van der Waals surface area contributed by atoms with E-state index in [0.29, 0.717) is 42.1 Å². The maximum Gasteiger partial charge on any atom is 0.228 e. The van der Waals surface area contributed by atoms with Crippen LogP contribution in [0.3, 0.4) is 0 Å². The van der Waals surface area contributed by atoms with Crippen molar-refractivity contribution in [3.8, 4) is 11.5 Å². The van der Waals surface area contributed by atoms with Gasteiger partial charge in [-0.05, 0) is 54.4 Å². The molecule has 5 rings (SSSR count). The lowest BCUT2D eigenvalue weighted by Gasteiger charge is -2.44. The first kappa shape index (κ1) is 27.6. The Morgan fingerprint density at radius 3 is 2.45 bits per heavy atom. The van der Waals surface area contributed by atoms with E-state index in [2.05, 4.69) is 5.32 Å². The minimum atomic E-state index is -4.13. The van der Waals surface area contributed by atoms with Crippen LogP contribution in [0.2, 0.25) is 5.02 Å². The van der Waals surface area contributed by atoms with Gasteiger partial charge in [0.25, 0.3) is 0 Å². The molecule has 0 bridgehead atoms. The van der Waals surface area contributed by atoms with Crippen LogP contribution in [-0.4, -0.2) is 66.9 Å². The van der Waals surface area contributed by atoms with Gasteiger partial charge in [-0.1, -0.05) is 11.6 Å². The van der Waals surface area contributed by atoms with Gasteiger partial charge in [0.05, 0.1) is 18.4 Å². The first-order chi connectivity index (χ1) is 18.0. The fourth-order valence-electron chi connectivity index (χ4n) is 4.93. The molecule has 3 fully saturated rings. The number of phenols is 1. The number of hydrogen-bond acceptors (Lipinski definition) is 8. The summed E-state index contributed by atoms with van der Waals surface area (Å²) in [4.78, 5) is 45.9. The largest absolute Gasteiger partial charge is 0.508 e. The summed E-state index contributed by atoms with van der Waals surface area (Å²) in [5.41, 5.74) is 0.569. The number of nitrogens with zero attached hydrogens (tertiary/aromatic N) is 1. The molecule has 12 heteroatoms. The Morgan fingerprint density at radius 2 is 1.79 bits per heavy atom. The van der Waals surface area contributed by atoms with Gasteiger partial charge in [-0.2, -0.15) is 0 Å². The molecule has 2 atom stereocenters. The summed E-state index contributed by atoms with van der Waals surface area (Å²) in [5.74, 6) is -0.938. The van der Waals surface area contributed by atoms with Crippen LogP contribution in [0.1, 0.15) is 31.2 Å². The molecule has 0 spiro atoms. The number of β-lactam (4-membered cyclic amide) rings is 1. The summed E-state index contributed by atoms with van der Waals surface area (Å²) < 4.78 is 32.0. The lowest BCUT2D eigenvalue weighted by molar-refractivity contribution is -0.150. The van der Waals surface area contributed by atoms with Crippen molar-refractivity contribution in [1.82, 2.24) is 10.2 Å². The number of rotatable bonds is 5. The average Bonchev–Trinajstić information content (AvgIpc) is 2.96. The van der Waals surface area contributed by atoms with Crippen molar-refractivity contribution in [2.24, 2.45) is 5.92 Å². The molecule has 3 aliphatic rings. The van der Waals surface area contributed by atoms with Crippen molar-refractivity contribution in [3.05, 3.63) is 53.1 Å². The van der Waals surface area contributed by atoms with Crippen LogP contribution in [-0.2, 0) is 35.4 Å². The van der Waals surface area contributed by atoms with Gasteiger partial charge in [0.1, 0.15) is 17.3 Å². The second-order valence-electron chi connectivity index (χ2n) is 9.32. The zero-order valence-corrected chi connectivity index (χ0v) is 22.2. The lowest BCUT2D eigenvalue weighted by Crippen LogP contribution is -2.67. The van der Waals surface area contributed by atoms with Gasteiger partial charge >= 0.3 is 0 Å². The molecule has 3 saturated heterocycles. The number of amides is 2. The Bertz CT molecular complexity index is 1380. The smallest absolute Gasteiger partial charge is 0.228 e. The van der Waals surface area contributed by atoms with Crippen molar-refractivity contribution in [3.63, 3.8) is 0 Å². The van der Waals surface area contributed by atoms with Crippen molar-refractivity contribution < 1.29 is 37.4 Å². The molecule has 3 heterocycles. The second-order valence-corrected chi connectivity index (χ2v) is 11.9. The molecule has 2 unspecified atom stereocenters. The second kappa shape index (κ2) is 10.7. The van der Waals surface area contributed by atoms with Gasteiger partial charge < -0.3 is 20.1 Å². The van der Waals surface area contributed by atoms with E-state index in [1.807, 2.05) is 0 Å². The number of carbonyl (C=O) groups excluding carboxylic acids is 4. The summed E-state index contributed by atoms with van der Waals surface area (Å²) in [6, 6.07) is 10.1. The first-order valence-electron chi connectivity index (χ1n) is 12.0. The van der Waals surface area contributed by atoms with Crippen molar-refractivity contribution in [2.45, 2.75) is 41.9 Å². The zero-order valence-electron chi connectivity index (χ0n) is 20.6. The average molecular weight is 563 g/mol. The third-order valence-corrected chi connectivity index (χ3v) is 9.54. The van der Waals surface area contributed by atoms with Crippen LogP contribution in [0.25, 0.3) is 0 Å². The Balaban J connectivity index is 0.000000317. The maximum atomic E-state index is 13.3. The number of aromatic hydroxyl groups is 1. The molecular weight excluding hydrogens is 536 g/mol. The molecular formula is C26H27ClN2O8S. The summed E-state index contributed by atoms with van der Waals surface area (Å²) in [5, 5.41) is 12.8. The zero-order chi connectivity index (χ0) is 27.7. The van der Waals surface area contributed by atoms with Crippen LogP contribution in [0.5, 0.6) is 11.5 Å². The Morgan fingerprint density at radius 1 is 1.08 bits per heavy atom. The van der Waals surface area contributed by atoms with Crippen molar-refractivity contribution >= 4 is 44.8 Å². The van der Waals surface area contributed by atoms with Gasteiger partial charge in [-0.25, -0.2) is 8.42 Å². The third-order valence-electron chi connectivity index (χ3n) is 6.94. The number of ether oxygens (including phenoxy) is 1. The number of phenolic OH excluding ortho intramolecular Hbond substituents is 1. The normalized spacial score (nSPS) is 23.0. The summed E-state index contributed by atoms with van der Waals surface area (Å²) in [6.45, 7) is 0.529. The number of carbonyl (C=O) groups is 4. The van der Waals surface area contributed by atoms with Crippen molar-refractivity contribution in [1.29, 1.82) is 0 Å². The van der Waals surface area contributed by atoms with E-state index < -0.39 is 26.4 Å². The number of Topliss-reactive ketones (excluding diaryl/α,β-unsaturated/α-hetero) is 2. The fourth-order valence-corrected chi connectivity index (χ4v) is 7.16. The molecule has 0 aromatic heterocycles. The van der Waals surface area contributed by atoms with E-state index in [1.54, 1.807) is 6.07 Å². The number of ketones is 2. The van der Waals surface area contributed by atoms with Crippen LogP contribution < -0.4 is 10.1 Å². The summed E-state index contributed by atoms with van der Waals surface area (Å²) >= 11 is 5.85. The molecule has 2 aromatic rings. The molecule has 10 nitrogen and oxygen atoms in total. The Hall–Kier alpha value is -3.44. The number of halogens is 1. The van der Waals surface area contributed by atoms with Gasteiger partial charge in [-0.3, -0.25) is 19.2 Å². The molecule has 3 aliphatic heterocycles. The molecule has 2 N–H and O–H groups in total. The first-order valence-corrected chi connectivity index (χ1v) is 13.8. The van der Waals surface area contributed by atoms with Crippen molar-refractivity contribution in [2.75, 3.05) is 20.2 Å². The summed E-state index contributed by atoms with van der Waals surface area (Å²) in [6.07, 6.45) is 1.08. The van der Waals surface area contributed by atoms with E-state index >= 15 is 0 Å². The highest BCUT2D eigenvalue weighted by Crippen LogP contribution is 2.49. The standard InChI is InChI=1S/C20H18ClNO6S.C6H9NO2/c1-28-17-7-4-15(23)9-12(17)8-13-11-22-18(24)10-20(22,19(13)25)29(26,27)16-5-2-14(21)3-6-16;8-5-1-2-6(9)7-4-3-5/h2-7,9,13,23H,8,10-11H2,1H3;1-4H2,(H,7,9). The van der Waals surface area contributed by atoms with Gasteiger partial charge in [0.2, 0.25) is 26.5 Å². The van der Waals surface area contributed by atoms with Crippen LogP contribution >= 0.6 is 11.6 Å². The van der Waals surface area contributed by atoms with Gasteiger partial charge in [0, 0.05) is 43.3 Å². The quantitative estimate of drug-likeness (QED) is 0.526. The molecule has 38 heavy (non-hydrogen) atoms.